The number of nitrogens with zero attached hydrogens (tertiary/aromatic N) is 1. The van der Waals surface area contributed by atoms with Crippen LogP contribution in [0.2, 0.25) is 0 Å². The maximum Gasteiger partial charge on any atom is 0.260 e. The highest BCUT2D eigenvalue weighted by Crippen LogP contribution is 2.24. The average molecular weight is 302 g/mol. The van der Waals surface area contributed by atoms with E-state index >= 15 is 0 Å². The zero-order chi connectivity index (χ0) is 15.9. The van der Waals surface area contributed by atoms with Gasteiger partial charge in [-0.3, -0.25) is 4.79 Å². The van der Waals surface area contributed by atoms with Crippen LogP contribution in [0.5, 0.6) is 5.75 Å². The molecule has 1 aromatic carbocycles. The summed E-state index contributed by atoms with van der Waals surface area (Å²) in [5, 5.41) is 21.0. The van der Waals surface area contributed by atoms with E-state index in [-0.39, 0.29) is 18.6 Å². The molecular weight excluding hydrogens is 280 g/mol. The Kier molecular flexibility index (Phi) is 5.79. The molecule has 0 heterocycles. The lowest BCUT2D eigenvalue weighted by Gasteiger charge is -2.28. The Bertz CT molecular complexity index is 545. The van der Waals surface area contributed by atoms with Gasteiger partial charge in [0.15, 0.2) is 6.10 Å². The summed E-state index contributed by atoms with van der Waals surface area (Å²) < 4.78 is 5.60. The van der Waals surface area contributed by atoms with Crippen molar-refractivity contribution in [3.8, 4) is 11.8 Å². The van der Waals surface area contributed by atoms with Gasteiger partial charge in [-0.15, -0.1) is 0 Å². The molecule has 0 aromatic heterocycles. The third-order valence-corrected chi connectivity index (χ3v) is 4.10. The Labute approximate surface area is 130 Å². The molecule has 2 rings (SSSR count). The fraction of sp³-hybridized carbons (Fsp3) is 0.529. The number of carbonyl (C=O) groups excluding carboxylic acids is 1. The number of ether oxygens (including phenoxy) is 1. The largest absolute Gasteiger partial charge is 0.481 e. The minimum atomic E-state index is -0.607. The van der Waals surface area contributed by atoms with E-state index in [0.717, 1.165) is 25.7 Å². The van der Waals surface area contributed by atoms with Gasteiger partial charge in [0.25, 0.3) is 5.91 Å². The van der Waals surface area contributed by atoms with Crippen LogP contribution in [0, 0.1) is 17.2 Å². The van der Waals surface area contributed by atoms with Crippen molar-refractivity contribution in [3.63, 3.8) is 0 Å². The fourth-order valence-corrected chi connectivity index (χ4v) is 2.70. The molecule has 22 heavy (non-hydrogen) atoms. The van der Waals surface area contributed by atoms with E-state index in [2.05, 4.69) is 5.32 Å². The van der Waals surface area contributed by atoms with Crippen molar-refractivity contribution in [1.29, 1.82) is 5.26 Å². The van der Waals surface area contributed by atoms with Gasteiger partial charge in [0.05, 0.1) is 11.6 Å². The van der Waals surface area contributed by atoms with Gasteiger partial charge in [0.1, 0.15) is 5.75 Å². The number of aliphatic hydroxyl groups is 1. The maximum atomic E-state index is 12.2. The summed E-state index contributed by atoms with van der Waals surface area (Å²) in [4.78, 5) is 12.2. The molecule has 2 N–H and O–H groups in total. The molecule has 1 aromatic rings. The Morgan fingerprint density at radius 3 is 2.82 bits per heavy atom. The summed E-state index contributed by atoms with van der Waals surface area (Å²) in [6, 6.07) is 8.98. The van der Waals surface area contributed by atoms with Crippen LogP contribution in [-0.2, 0) is 4.79 Å². The smallest absolute Gasteiger partial charge is 0.260 e. The quantitative estimate of drug-likeness (QED) is 0.871. The molecule has 1 fully saturated rings. The van der Waals surface area contributed by atoms with E-state index in [9.17, 15) is 4.79 Å². The van der Waals surface area contributed by atoms with Crippen LogP contribution in [0.15, 0.2) is 24.3 Å². The van der Waals surface area contributed by atoms with Crippen LogP contribution in [0.3, 0.4) is 0 Å². The second kappa shape index (κ2) is 7.81. The molecule has 5 nitrogen and oxygen atoms in total. The molecule has 1 unspecified atom stereocenters. The lowest BCUT2D eigenvalue weighted by molar-refractivity contribution is -0.128. The number of benzene rings is 1. The summed E-state index contributed by atoms with van der Waals surface area (Å²) >= 11 is 0. The molecule has 1 amide bonds. The van der Waals surface area contributed by atoms with Crippen molar-refractivity contribution in [3.05, 3.63) is 29.8 Å². The minimum absolute atomic E-state index is 0.144. The van der Waals surface area contributed by atoms with Crippen LogP contribution in [-0.4, -0.2) is 29.8 Å². The molecule has 1 aliphatic rings. The van der Waals surface area contributed by atoms with Crippen molar-refractivity contribution in [2.24, 2.45) is 5.92 Å². The predicted molar refractivity (Wildman–Crippen MR) is 82.2 cm³/mol. The van der Waals surface area contributed by atoms with Crippen molar-refractivity contribution < 1.29 is 14.6 Å². The standard InChI is InChI=1S/C17H22N2O3/c1-12(22-16-4-2-3-14(9-16)10-18)17(21)19-15-7-5-13(11-20)6-8-15/h2-4,9,12-13,15,20H,5-8,11H2,1H3,(H,19,21). The Morgan fingerprint density at radius 1 is 1.45 bits per heavy atom. The number of hydrogen-bond donors (Lipinski definition) is 2. The number of aliphatic hydroxyl groups excluding tert-OH is 1. The molecular formula is C17H22N2O3. The lowest BCUT2D eigenvalue weighted by atomic mass is 9.86. The second-order valence-corrected chi connectivity index (χ2v) is 5.81. The topological polar surface area (TPSA) is 82.3 Å². The number of nitriles is 1. The van der Waals surface area contributed by atoms with Gasteiger partial charge in [-0.2, -0.15) is 5.26 Å². The van der Waals surface area contributed by atoms with Crippen LogP contribution in [0.25, 0.3) is 0 Å². The highest BCUT2D eigenvalue weighted by atomic mass is 16.5. The Morgan fingerprint density at radius 2 is 2.18 bits per heavy atom. The van der Waals surface area contributed by atoms with Crippen molar-refractivity contribution >= 4 is 5.91 Å². The summed E-state index contributed by atoms with van der Waals surface area (Å²) in [5.41, 5.74) is 0.507. The SMILES string of the molecule is CC(Oc1cccc(C#N)c1)C(=O)NC1CCC(CO)CC1. The van der Waals surface area contributed by atoms with E-state index in [1.807, 2.05) is 6.07 Å². The number of hydrogen-bond acceptors (Lipinski definition) is 4. The van der Waals surface area contributed by atoms with Gasteiger partial charge >= 0.3 is 0 Å². The van der Waals surface area contributed by atoms with E-state index < -0.39 is 6.10 Å². The van der Waals surface area contributed by atoms with Gasteiger partial charge in [-0.05, 0) is 56.7 Å². The minimum Gasteiger partial charge on any atom is -0.481 e. The molecule has 0 radical (unpaired) electrons. The fourth-order valence-electron chi connectivity index (χ4n) is 2.70. The van der Waals surface area contributed by atoms with Gasteiger partial charge < -0.3 is 15.2 Å². The number of amides is 1. The number of nitrogens with one attached hydrogen (secondary N) is 1. The van der Waals surface area contributed by atoms with Gasteiger partial charge in [0, 0.05) is 12.6 Å². The summed E-state index contributed by atoms with van der Waals surface area (Å²) in [6.07, 6.45) is 3.08. The molecule has 0 saturated heterocycles. The average Bonchev–Trinajstić information content (AvgIpc) is 2.55. The maximum absolute atomic E-state index is 12.2. The van der Waals surface area contributed by atoms with E-state index in [4.69, 9.17) is 15.1 Å². The molecule has 1 atom stereocenters. The summed E-state index contributed by atoms with van der Waals surface area (Å²) in [6.45, 7) is 1.93. The second-order valence-electron chi connectivity index (χ2n) is 5.81. The zero-order valence-electron chi connectivity index (χ0n) is 12.8. The first-order chi connectivity index (χ1) is 10.6. The first-order valence-electron chi connectivity index (χ1n) is 7.70. The molecule has 118 valence electrons. The third kappa shape index (κ3) is 4.47. The van der Waals surface area contributed by atoms with Gasteiger partial charge in [-0.1, -0.05) is 6.07 Å². The highest BCUT2D eigenvalue weighted by molar-refractivity contribution is 5.81. The molecule has 0 aliphatic heterocycles. The predicted octanol–water partition coefficient (Wildman–Crippen LogP) is 1.99. The first-order valence-corrected chi connectivity index (χ1v) is 7.70. The monoisotopic (exact) mass is 302 g/mol. The normalized spacial score (nSPS) is 22.4. The van der Waals surface area contributed by atoms with E-state index in [1.54, 1.807) is 31.2 Å². The third-order valence-electron chi connectivity index (χ3n) is 4.10. The van der Waals surface area contributed by atoms with Crippen molar-refractivity contribution in [1.82, 2.24) is 5.32 Å². The van der Waals surface area contributed by atoms with Gasteiger partial charge in [0.2, 0.25) is 0 Å². The van der Waals surface area contributed by atoms with Crippen LogP contribution < -0.4 is 10.1 Å². The lowest BCUT2D eigenvalue weighted by Crippen LogP contribution is -2.44. The number of carbonyl (C=O) groups is 1. The molecule has 0 spiro atoms. The Hall–Kier alpha value is -2.06. The number of rotatable bonds is 5. The van der Waals surface area contributed by atoms with Crippen LogP contribution >= 0.6 is 0 Å². The van der Waals surface area contributed by atoms with Crippen molar-refractivity contribution in [2.75, 3.05) is 6.61 Å². The highest BCUT2D eigenvalue weighted by Gasteiger charge is 2.24. The van der Waals surface area contributed by atoms with E-state index in [0.29, 0.717) is 17.2 Å². The molecule has 0 bridgehead atoms. The Balaban J connectivity index is 1.83. The van der Waals surface area contributed by atoms with Crippen molar-refractivity contribution in [2.45, 2.75) is 44.8 Å². The zero-order valence-corrected chi connectivity index (χ0v) is 12.8. The van der Waals surface area contributed by atoms with Crippen LogP contribution in [0.1, 0.15) is 38.2 Å². The summed E-state index contributed by atoms with van der Waals surface area (Å²) in [5.74, 6) is 0.746. The van der Waals surface area contributed by atoms with E-state index in [1.165, 1.54) is 0 Å². The summed E-state index contributed by atoms with van der Waals surface area (Å²) in [7, 11) is 0. The van der Waals surface area contributed by atoms with Gasteiger partial charge in [-0.25, -0.2) is 0 Å². The first kappa shape index (κ1) is 16.3. The molecule has 1 aliphatic carbocycles. The van der Waals surface area contributed by atoms with Crippen LogP contribution in [0.4, 0.5) is 0 Å². The molecule has 5 heteroatoms. The molecule has 1 saturated carbocycles.